The molecule has 2 aromatic rings. The lowest BCUT2D eigenvalue weighted by molar-refractivity contribution is 0.473. The summed E-state index contributed by atoms with van der Waals surface area (Å²) in [7, 11) is 0. The summed E-state index contributed by atoms with van der Waals surface area (Å²) >= 11 is 0. The molecule has 2 aromatic carbocycles. The second-order valence-electron chi connectivity index (χ2n) is 5.14. The highest BCUT2D eigenvalue weighted by Crippen LogP contribution is 2.32. The Morgan fingerprint density at radius 1 is 1.00 bits per heavy atom. The van der Waals surface area contributed by atoms with Crippen LogP contribution < -0.4 is 4.90 Å². The molecular formula is C19H17NO. The van der Waals surface area contributed by atoms with Crippen molar-refractivity contribution in [1.29, 1.82) is 0 Å². The third kappa shape index (κ3) is 2.61. The second kappa shape index (κ2) is 5.33. The van der Waals surface area contributed by atoms with Gasteiger partial charge in [-0.25, -0.2) is 0 Å². The number of aromatic hydroxyl groups is 1. The maximum Gasteiger partial charge on any atom is 0.123 e. The van der Waals surface area contributed by atoms with Crippen LogP contribution >= 0.6 is 0 Å². The molecule has 0 saturated heterocycles. The van der Waals surface area contributed by atoms with Crippen LogP contribution in [-0.4, -0.2) is 5.11 Å². The molecule has 0 unspecified atom stereocenters. The van der Waals surface area contributed by atoms with Gasteiger partial charge in [-0.1, -0.05) is 43.0 Å². The molecule has 21 heavy (non-hydrogen) atoms. The molecule has 0 aromatic heterocycles. The smallest absolute Gasteiger partial charge is 0.123 e. The van der Waals surface area contributed by atoms with Crippen molar-refractivity contribution in [3.05, 3.63) is 90.3 Å². The minimum absolute atomic E-state index is 0.283. The van der Waals surface area contributed by atoms with Crippen LogP contribution in [-0.2, 0) is 0 Å². The first-order valence-electron chi connectivity index (χ1n) is 6.88. The fraction of sp³-hybridized carbons (Fsp3) is 0.0526. The van der Waals surface area contributed by atoms with Crippen LogP contribution in [0.4, 0.5) is 5.69 Å². The van der Waals surface area contributed by atoms with E-state index in [4.69, 9.17) is 0 Å². The van der Waals surface area contributed by atoms with E-state index in [0.717, 1.165) is 22.5 Å². The first-order chi connectivity index (χ1) is 10.1. The number of aryl methyl sites for hydroxylation is 1. The lowest BCUT2D eigenvalue weighted by Crippen LogP contribution is -2.16. The van der Waals surface area contributed by atoms with E-state index in [-0.39, 0.29) is 5.75 Å². The zero-order chi connectivity index (χ0) is 14.8. The van der Waals surface area contributed by atoms with E-state index >= 15 is 0 Å². The SMILES string of the molecule is C=C1C=CC(c2ccccc2O)=CN1c1cccc(C)c1. The Labute approximate surface area is 125 Å². The van der Waals surface area contributed by atoms with E-state index in [1.165, 1.54) is 5.56 Å². The minimum atomic E-state index is 0.283. The van der Waals surface area contributed by atoms with Crippen LogP contribution in [0.1, 0.15) is 11.1 Å². The molecule has 0 aliphatic carbocycles. The van der Waals surface area contributed by atoms with Crippen molar-refractivity contribution in [2.45, 2.75) is 6.92 Å². The summed E-state index contributed by atoms with van der Waals surface area (Å²) < 4.78 is 0. The molecule has 0 radical (unpaired) electrons. The summed E-state index contributed by atoms with van der Waals surface area (Å²) in [6.07, 6.45) is 5.94. The van der Waals surface area contributed by atoms with Gasteiger partial charge in [0.25, 0.3) is 0 Å². The molecule has 0 fully saturated rings. The van der Waals surface area contributed by atoms with Crippen LogP contribution in [0.5, 0.6) is 5.75 Å². The minimum Gasteiger partial charge on any atom is -0.507 e. The number of phenolic OH excluding ortho intramolecular Hbond substituents is 1. The highest BCUT2D eigenvalue weighted by Gasteiger charge is 2.14. The fourth-order valence-electron chi connectivity index (χ4n) is 2.43. The Morgan fingerprint density at radius 2 is 1.81 bits per heavy atom. The van der Waals surface area contributed by atoms with E-state index < -0.39 is 0 Å². The number of anilines is 1. The van der Waals surface area contributed by atoms with E-state index in [2.05, 4.69) is 31.7 Å². The number of nitrogens with zero attached hydrogens (tertiary/aromatic N) is 1. The van der Waals surface area contributed by atoms with E-state index in [0.29, 0.717) is 0 Å². The summed E-state index contributed by atoms with van der Waals surface area (Å²) in [6.45, 7) is 6.15. The molecular weight excluding hydrogens is 258 g/mol. The van der Waals surface area contributed by atoms with Crippen molar-refractivity contribution >= 4 is 11.3 Å². The number of hydrogen-bond acceptors (Lipinski definition) is 2. The Hall–Kier alpha value is -2.74. The first-order valence-corrected chi connectivity index (χ1v) is 6.88. The van der Waals surface area contributed by atoms with Gasteiger partial charge in [0, 0.05) is 28.7 Å². The zero-order valence-electron chi connectivity index (χ0n) is 12.0. The largest absolute Gasteiger partial charge is 0.507 e. The van der Waals surface area contributed by atoms with Crippen molar-refractivity contribution in [2.24, 2.45) is 0 Å². The van der Waals surface area contributed by atoms with Crippen LogP contribution in [0.2, 0.25) is 0 Å². The van der Waals surface area contributed by atoms with Gasteiger partial charge in [-0.15, -0.1) is 0 Å². The standard InChI is InChI=1S/C19H17NO/c1-14-6-5-7-17(12-14)20-13-16(11-10-15(20)2)18-8-3-4-9-19(18)21/h3-13,21H,2H2,1H3. The Kier molecular flexibility index (Phi) is 3.36. The molecule has 2 nitrogen and oxygen atoms in total. The third-order valence-electron chi connectivity index (χ3n) is 3.53. The Morgan fingerprint density at radius 3 is 2.57 bits per heavy atom. The second-order valence-corrected chi connectivity index (χ2v) is 5.14. The zero-order valence-corrected chi connectivity index (χ0v) is 12.0. The van der Waals surface area contributed by atoms with Gasteiger partial charge in [-0.3, -0.25) is 0 Å². The number of allylic oxidation sites excluding steroid dienone is 3. The molecule has 1 N–H and O–H groups in total. The molecule has 104 valence electrons. The van der Waals surface area contributed by atoms with Gasteiger partial charge in [0.1, 0.15) is 5.75 Å². The maximum absolute atomic E-state index is 10.0. The van der Waals surface area contributed by atoms with Gasteiger partial charge in [0.2, 0.25) is 0 Å². The van der Waals surface area contributed by atoms with Gasteiger partial charge >= 0.3 is 0 Å². The molecule has 0 atom stereocenters. The van der Waals surface area contributed by atoms with E-state index in [9.17, 15) is 5.11 Å². The summed E-state index contributed by atoms with van der Waals surface area (Å²) in [5.41, 5.74) is 4.95. The number of rotatable bonds is 2. The topological polar surface area (TPSA) is 23.5 Å². The highest BCUT2D eigenvalue weighted by atomic mass is 16.3. The van der Waals surface area contributed by atoms with Gasteiger partial charge in [-0.2, -0.15) is 0 Å². The van der Waals surface area contributed by atoms with Crippen LogP contribution in [0.25, 0.3) is 5.57 Å². The van der Waals surface area contributed by atoms with Crippen molar-refractivity contribution in [3.8, 4) is 5.75 Å². The highest BCUT2D eigenvalue weighted by molar-refractivity contribution is 5.83. The molecule has 3 rings (SSSR count). The van der Waals surface area contributed by atoms with Crippen molar-refractivity contribution in [1.82, 2.24) is 0 Å². The predicted molar refractivity (Wildman–Crippen MR) is 88.0 cm³/mol. The van der Waals surface area contributed by atoms with Crippen LogP contribution in [0.15, 0.2) is 79.2 Å². The summed E-state index contributed by atoms with van der Waals surface area (Å²) in [4.78, 5) is 2.04. The van der Waals surface area contributed by atoms with Gasteiger partial charge in [-0.05, 0) is 36.8 Å². The monoisotopic (exact) mass is 275 g/mol. The average molecular weight is 275 g/mol. The normalized spacial score (nSPS) is 14.2. The van der Waals surface area contributed by atoms with Crippen LogP contribution in [0.3, 0.4) is 0 Å². The predicted octanol–water partition coefficient (Wildman–Crippen LogP) is 4.63. The third-order valence-corrected chi connectivity index (χ3v) is 3.53. The van der Waals surface area contributed by atoms with Gasteiger partial charge in [0.05, 0.1) is 0 Å². The van der Waals surface area contributed by atoms with E-state index in [1.807, 2.05) is 47.5 Å². The maximum atomic E-state index is 10.0. The Balaban J connectivity index is 2.04. The molecule has 1 aliphatic rings. The molecule has 0 amide bonds. The molecule has 0 saturated carbocycles. The van der Waals surface area contributed by atoms with Crippen molar-refractivity contribution in [2.75, 3.05) is 4.90 Å². The quantitative estimate of drug-likeness (QED) is 0.863. The molecule has 2 heteroatoms. The van der Waals surface area contributed by atoms with Gasteiger partial charge < -0.3 is 10.0 Å². The lowest BCUT2D eigenvalue weighted by Gasteiger charge is -2.26. The van der Waals surface area contributed by atoms with E-state index in [1.54, 1.807) is 6.07 Å². The lowest BCUT2D eigenvalue weighted by atomic mass is 10.0. The number of phenols is 1. The summed E-state index contributed by atoms with van der Waals surface area (Å²) in [5.74, 6) is 0.283. The summed E-state index contributed by atoms with van der Waals surface area (Å²) in [6, 6.07) is 15.6. The van der Waals surface area contributed by atoms with Gasteiger partial charge in [0.15, 0.2) is 0 Å². The number of para-hydroxylation sites is 1. The number of benzene rings is 2. The average Bonchev–Trinajstić information content (AvgIpc) is 2.48. The molecule has 1 heterocycles. The first kappa shape index (κ1) is 13.3. The summed E-state index contributed by atoms with van der Waals surface area (Å²) in [5, 5.41) is 10.0. The molecule has 1 aliphatic heterocycles. The number of hydrogen-bond donors (Lipinski definition) is 1. The fourth-order valence-corrected chi connectivity index (χ4v) is 2.43. The van der Waals surface area contributed by atoms with Crippen LogP contribution in [0, 0.1) is 6.92 Å². The molecule has 0 spiro atoms. The molecule has 0 bridgehead atoms. The Bertz CT molecular complexity index is 756. The van der Waals surface area contributed by atoms with Crippen molar-refractivity contribution in [3.63, 3.8) is 0 Å². The van der Waals surface area contributed by atoms with Crippen molar-refractivity contribution < 1.29 is 5.11 Å².